The average Bonchev–Trinajstić information content (AvgIpc) is 2.96. The van der Waals surface area contributed by atoms with Crippen LogP contribution in [-0.2, 0) is 0 Å². The molecule has 1 amide bonds. The number of nitrogens with zero attached hydrogens (tertiary/aromatic N) is 1. The van der Waals surface area contributed by atoms with E-state index in [0.717, 1.165) is 9.37 Å². The molecule has 0 spiro atoms. The molecular weight excluding hydrogens is 471 g/mol. The van der Waals surface area contributed by atoms with Crippen molar-refractivity contribution < 1.29 is 9.21 Å². The molecule has 0 saturated heterocycles. The van der Waals surface area contributed by atoms with Gasteiger partial charge in [0, 0.05) is 16.0 Å². The number of furan rings is 1. The van der Waals surface area contributed by atoms with Crippen LogP contribution in [0.25, 0.3) is 0 Å². The van der Waals surface area contributed by atoms with E-state index in [-0.39, 0.29) is 10.6 Å². The van der Waals surface area contributed by atoms with Gasteiger partial charge in [-0.1, -0.05) is 52.7 Å². The second-order valence-corrected chi connectivity index (χ2v) is 8.27. The van der Waals surface area contributed by atoms with E-state index in [1.807, 2.05) is 31.2 Å². The van der Waals surface area contributed by atoms with Crippen LogP contribution >= 0.6 is 50.9 Å². The van der Waals surface area contributed by atoms with Crippen molar-refractivity contribution in [3.63, 3.8) is 0 Å². The third-order valence-electron chi connectivity index (χ3n) is 3.44. The Balaban J connectivity index is 1.65. The number of nitrogens with one attached hydrogen (secondary N) is 1. The predicted octanol–water partition coefficient (Wildman–Crippen LogP) is 6.57. The van der Waals surface area contributed by atoms with Crippen molar-refractivity contribution in [2.45, 2.75) is 16.9 Å². The molecule has 0 aliphatic carbocycles. The minimum atomic E-state index is -0.437. The highest BCUT2D eigenvalue weighted by molar-refractivity contribution is 9.10. The smallest absolute Gasteiger partial charge is 0.272 e. The van der Waals surface area contributed by atoms with Gasteiger partial charge in [0.15, 0.2) is 5.09 Å². The molecule has 3 rings (SSSR count). The van der Waals surface area contributed by atoms with Gasteiger partial charge in [-0.25, -0.2) is 5.43 Å². The van der Waals surface area contributed by atoms with Gasteiger partial charge in [-0.15, -0.1) is 0 Å². The lowest BCUT2D eigenvalue weighted by atomic mass is 10.2. The maximum atomic E-state index is 12.1. The number of benzene rings is 2. The Bertz CT molecular complexity index is 1000. The number of rotatable bonds is 5. The van der Waals surface area contributed by atoms with Crippen molar-refractivity contribution in [1.29, 1.82) is 0 Å². The Kier molecular flexibility index (Phi) is 6.65. The molecule has 8 heteroatoms. The summed E-state index contributed by atoms with van der Waals surface area (Å²) in [5, 5.41) is 5.33. The maximum absolute atomic E-state index is 12.1. The summed E-state index contributed by atoms with van der Waals surface area (Å²) in [6.45, 7) is 2.04. The number of carbonyl (C=O) groups excluding carboxylic acids is 1. The van der Waals surface area contributed by atoms with Crippen molar-refractivity contribution in [2.24, 2.45) is 5.10 Å². The van der Waals surface area contributed by atoms with Crippen LogP contribution in [0.15, 0.2) is 72.5 Å². The molecule has 1 heterocycles. The largest absolute Gasteiger partial charge is 0.447 e. The van der Waals surface area contributed by atoms with E-state index < -0.39 is 5.91 Å². The van der Waals surface area contributed by atoms with Gasteiger partial charge in [0.1, 0.15) is 5.76 Å². The first-order valence-corrected chi connectivity index (χ1v) is 10.1. The molecule has 138 valence electrons. The number of hydrogen-bond acceptors (Lipinski definition) is 4. The third-order valence-corrected chi connectivity index (χ3v) is 5.84. The number of carbonyl (C=O) groups is 1. The Morgan fingerprint density at radius 3 is 2.63 bits per heavy atom. The number of halogens is 3. The van der Waals surface area contributed by atoms with Crippen LogP contribution in [0.4, 0.5) is 0 Å². The van der Waals surface area contributed by atoms with Gasteiger partial charge in [0.25, 0.3) is 5.91 Å². The van der Waals surface area contributed by atoms with Crippen molar-refractivity contribution in [3.8, 4) is 0 Å². The van der Waals surface area contributed by atoms with E-state index in [9.17, 15) is 4.79 Å². The first-order chi connectivity index (χ1) is 12.9. The standard InChI is InChI=1S/C19H13BrCl2N2O2S/c1-11-2-5-14(6-3-11)27-19-16(20)9-13(26-19)10-23-24-18(25)15-7-4-12(21)8-17(15)22/h2-10H,1H3,(H,24,25)/b23-10-. The lowest BCUT2D eigenvalue weighted by molar-refractivity contribution is 0.0955. The number of hydrogen-bond donors (Lipinski definition) is 1. The first kappa shape index (κ1) is 20.0. The van der Waals surface area contributed by atoms with Gasteiger partial charge in [0.2, 0.25) is 0 Å². The monoisotopic (exact) mass is 482 g/mol. The van der Waals surface area contributed by atoms with Crippen LogP contribution in [-0.4, -0.2) is 12.1 Å². The normalized spacial score (nSPS) is 11.1. The number of hydrazone groups is 1. The highest BCUT2D eigenvalue weighted by Gasteiger charge is 2.11. The van der Waals surface area contributed by atoms with Crippen LogP contribution in [0, 0.1) is 6.92 Å². The zero-order valence-corrected chi connectivity index (χ0v) is 17.9. The molecule has 4 nitrogen and oxygen atoms in total. The molecule has 0 saturated carbocycles. The highest BCUT2D eigenvalue weighted by Crippen LogP contribution is 2.35. The van der Waals surface area contributed by atoms with Crippen LogP contribution in [0.1, 0.15) is 21.7 Å². The summed E-state index contributed by atoms with van der Waals surface area (Å²) in [5.41, 5.74) is 3.90. The Labute approximate surface area is 179 Å². The van der Waals surface area contributed by atoms with Gasteiger partial charge in [0.05, 0.1) is 21.3 Å². The Morgan fingerprint density at radius 1 is 1.19 bits per heavy atom. The first-order valence-electron chi connectivity index (χ1n) is 7.74. The van der Waals surface area contributed by atoms with Crippen molar-refractivity contribution in [3.05, 3.63) is 79.9 Å². The topological polar surface area (TPSA) is 54.6 Å². The molecule has 0 bridgehead atoms. The number of aryl methyl sites for hydroxylation is 1. The molecule has 27 heavy (non-hydrogen) atoms. The molecular formula is C19H13BrCl2N2O2S. The van der Waals surface area contributed by atoms with E-state index in [1.54, 1.807) is 12.1 Å². The molecule has 0 atom stereocenters. The van der Waals surface area contributed by atoms with Gasteiger partial charge in [-0.05, 0) is 53.2 Å². The van der Waals surface area contributed by atoms with Gasteiger partial charge >= 0.3 is 0 Å². The van der Waals surface area contributed by atoms with Gasteiger partial charge < -0.3 is 4.42 Å². The zero-order chi connectivity index (χ0) is 19.4. The van der Waals surface area contributed by atoms with E-state index >= 15 is 0 Å². The molecule has 0 unspecified atom stereocenters. The van der Waals surface area contributed by atoms with Crippen molar-refractivity contribution in [1.82, 2.24) is 5.43 Å². The lowest BCUT2D eigenvalue weighted by Gasteiger charge is -2.02. The molecule has 0 aliphatic rings. The SMILES string of the molecule is Cc1ccc(Sc2oc(/C=N\NC(=O)c3ccc(Cl)cc3Cl)cc2Br)cc1. The van der Waals surface area contributed by atoms with Gasteiger partial charge in [-0.2, -0.15) is 5.10 Å². The van der Waals surface area contributed by atoms with Crippen LogP contribution in [0.2, 0.25) is 10.0 Å². The lowest BCUT2D eigenvalue weighted by Crippen LogP contribution is -2.17. The second-order valence-electron chi connectivity index (χ2n) is 5.52. The zero-order valence-electron chi connectivity index (χ0n) is 14.0. The second kappa shape index (κ2) is 8.97. The minimum Gasteiger partial charge on any atom is -0.447 e. The summed E-state index contributed by atoms with van der Waals surface area (Å²) in [4.78, 5) is 13.2. The van der Waals surface area contributed by atoms with Crippen LogP contribution in [0.3, 0.4) is 0 Å². The Hall–Kier alpha value is -1.73. The molecule has 1 N–H and O–H groups in total. The molecule has 0 fully saturated rings. The van der Waals surface area contributed by atoms with Crippen LogP contribution < -0.4 is 5.43 Å². The Morgan fingerprint density at radius 2 is 1.93 bits per heavy atom. The molecule has 0 radical (unpaired) electrons. The minimum absolute atomic E-state index is 0.257. The molecule has 0 aliphatic heterocycles. The fraction of sp³-hybridized carbons (Fsp3) is 0.0526. The number of amides is 1. The molecule has 1 aromatic heterocycles. The van der Waals surface area contributed by atoms with E-state index in [4.69, 9.17) is 27.6 Å². The summed E-state index contributed by atoms with van der Waals surface area (Å²) in [6, 6.07) is 14.5. The summed E-state index contributed by atoms with van der Waals surface area (Å²) in [5.74, 6) is 0.0618. The van der Waals surface area contributed by atoms with Crippen molar-refractivity contribution in [2.75, 3.05) is 0 Å². The summed E-state index contributed by atoms with van der Waals surface area (Å²) in [7, 11) is 0. The van der Waals surface area contributed by atoms with Crippen LogP contribution in [0.5, 0.6) is 0 Å². The predicted molar refractivity (Wildman–Crippen MR) is 113 cm³/mol. The highest BCUT2D eigenvalue weighted by atomic mass is 79.9. The quantitative estimate of drug-likeness (QED) is 0.329. The maximum Gasteiger partial charge on any atom is 0.272 e. The summed E-state index contributed by atoms with van der Waals surface area (Å²) in [6.07, 6.45) is 1.42. The van der Waals surface area contributed by atoms with E-state index in [0.29, 0.717) is 15.9 Å². The molecule has 2 aromatic carbocycles. The average molecular weight is 484 g/mol. The fourth-order valence-corrected chi connectivity index (χ4v) is 3.93. The fourth-order valence-electron chi connectivity index (χ4n) is 2.10. The van der Waals surface area contributed by atoms with Gasteiger partial charge in [-0.3, -0.25) is 4.79 Å². The third kappa shape index (κ3) is 5.39. The van der Waals surface area contributed by atoms with E-state index in [1.165, 1.54) is 35.7 Å². The molecule has 3 aromatic rings. The summed E-state index contributed by atoms with van der Waals surface area (Å²) < 4.78 is 6.55. The van der Waals surface area contributed by atoms with Crippen molar-refractivity contribution >= 4 is 63.0 Å². The summed E-state index contributed by atoms with van der Waals surface area (Å²) >= 11 is 16.8. The van der Waals surface area contributed by atoms with E-state index in [2.05, 4.69) is 26.5 Å².